The molecule has 9 N–H and O–H groups in total. The van der Waals surface area contributed by atoms with Gasteiger partial charge in [-0.05, 0) is 161 Å². The van der Waals surface area contributed by atoms with Crippen molar-refractivity contribution in [1.29, 1.82) is 0 Å². The molecule has 24 nitrogen and oxygen atoms in total. The number of aryl methyl sites for hydroxylation is 1. The molecule has 0 saturated carbocycles. The highest BCUT2D eigenvalue weighted by Gasteiger charge is 2.35. The summed E-state index contributed by atoms with van der Waals surface area (Å²) >= 11 is 6.63. The van der Waals surface area contributed by atoms with Crippen molar-refractivity contribution in [2.45, 2.75) is 110 Å². The minimum atomic E-state index is -4.47. The Kier molecular flexibility index (Phi) is 22.0. The number of hydrogen-bond acceptors (Lipinski definition) is 20. The van der Waals surface area contributed by atoms with Crippen molar-refractivity contribution < 1.29 is 25.4 Å². The smallest absolute Gasteiger partial charge is 0.383 e. The van der Waals surface area contributed by atoms with Crippen LogP contribution in [-0.2, 0) is 11.8 Å². The lowest BCUT2D eigenvalue weighted by atomic mass is 9.88. The van der Waals surface area contributed by atoms with Gasteiger partial charge in [0.2, 0.25) is 0 Å². The van der Waals surface area contributed by atoms with Crippen LogP contribution in [0.25, 0.3) is 89.7 Å². The molecule has 28 heteroatoms. The molecule has 4 aliphatic rings. The number of H-pyrrole nitrogens is 4. The van der Waals surface area contributed by atoms with Crippen molar-refractivity contribution in [3.8, 4) is 45.6 Å². The maximum absolute atomic E-state index is 13.6. The van der Waals surface area contributed by atoms with Crippen LogP contribution in [0.4, 0.5) is 30.6 Å². The van der Waals surface area contributed by atoms with Crippen LogP contribution >= 0.6 is 11.6 Å². The second kappa shape index (κ2) is 31.7. The van der Waals surface area contributed by atoms with E-state index in [0.717, 1.165) is 156 Å². The normalized spacial score (nSPS) is 17.9. The zero-order chi connectivity index (χ0) is 70.9. The molecule has 0 spiro atoms. The Morgan fingerprint density at radius 3 is 1.48 bits per heavy atom. The highest BCUT2D eigenvalue weighted by Crippen LogP contribution is 2.38. The molecule has 102 heavy (non-hydrogen) atoms. The SMILES string of the molecule is CC(C)C[C@H]1CN(c2cc(C(F)(F)F)cc(-c3[nH]nc4ncccc34)n2)CCN1.CCCC1CN(c2cccc(-c3[nH]nc4ncccc34)n2)CCN1.Cc1cc(N2CCN[C@@H](CC(C)C)C2)nc(-c2[nH]nc3ncccc23)c1Cl.OC1(c2cccc(-c3[nH]nc4ncccc34)n2)CCNCC1.[HH].[HH].[HH].[HH].[HH]. The molecule has 12 aromatic rings. The Morgan fingerprint density at radius 2 is 0.971 bits per heavy atom. The number of anilines is 3. The molecule has 4 aliphatic heterocycles. The van der Waals surface area contributed by atoms with Crippen molar-refractivity contribution in [3.63, 3.8) is 0 Å². The second-order valence-electron chi connectivity index (χ2n) is 27.4. The van der Waals surface area contributed by atoms with E-state index < -0.39 is 17.3 Å². The number of piperazine rings is 3. The third-order valence-electron chi connectivity index (χ3n) is 18.9. The average molecular weight is 1420 g/mol. The second-order valence-corrected chi connectivity index (χ2v) is 27.7. The molecule has 0 amide bonds. The fraction of sp³-hybridized carbons (Fsp3) is 0.405. The molecule has 3 atom stereocenters. The lowest BCUT2D eigenvalue weighted by molar-refractivity contribution is -0.137. The molecular formula is C74H97ClF3N23O. The highest BCUT2D eigenvalue weighted by molar-refractivity contribution is 6.34. The molecule has 4 saturated heterocycles. The monoisotopic (exact) mass is 1420 g/mol. The van der Waals surface area contributed by atoms with E-state index in [0.29, 0.717) is 95.3 Å². The standard InChI is InChI=1S/C20H25ClN6.C20H23F3N6.C18H22N6.C16H17N5O.5H2/c1-12(2)9-14-11-27(8-7-22-14)16-10-13(3)17(21)19(24-16)18-15-5-4-6-23-20(15)26-25-18;1-12(2)8-14-11-29(7-6-24-14)17-10-13(20(21,22)23)9-16(26-17)18-15-4-3-5-25-19(15)28-27-18;1-2-5-13-12-24(11-10-19-13)16-8-3-7-15(21-16)17-14-6-4-9-20-18(14)23-22-17;22-16(6-9-17-10-7-16)13-5-1-4-12(19-13)14-11-3-2-8-18-15(11)21-20-14;;;;;/h4-6,10,12,14,22H,7-9,11H2,1-3H3,(H,23,25,26);3-5,9-10,12,14,24H,6-8,11H2,1-2H3,(H,25,27,28);3-4,6-9,13,19H,2,5,10-12H2,1H3,(H,20,22,23);1-5,8,17,22H,6-7,9-10H2,(H,18,20,21);5*1H/t2*14-;;;;;;;/m00......./s1. The molecule has 0 aliphatic carbocycles. The van der Waals surface area contributed by atoms with Crippen molar-refractivity contribution in [2.24, 2.45) is 11.8 Å². The van der Waals surface area contributed by atoms with E-state index in [2.05, 4.69) is 155 Å². The zero-order valence-corrected chi connectivity index (χ0v) is 59.0. The molecular weight excluding hydrogens is 1320 g/mol. The fourth-order valence-corrected chi connectivity index (χ4v) is 14.1. The van der Waals surface area contributed by atoms with Crippen LogP contribution < -0.4 is 36.0 Å². The van der Waals surface area contributed by atoms with Crippen LogP contribution in [0.1, 0.15) is 97.1 Å². The number of alkyl halides is 3. The number of aromatic amines is 4. The maximum Gasteiger partial charge on any atom is 0.416 e. The Bertz CT molecular complexity index is 4800. The van der Waals surface area contributed by atoms with Crippen molar-refractivity contribution >= 4 is 73.2 Å². The van der Waals surface area contributed by atoms with Gasteiger partial charge in [0.25, 0.3) is 0 Å². The van der Waals surface area contributed by atoms with Crippen molar-refractivity contribution in [3.05, 3.63) is 150 Å². The lowest BCUT2D eigenvalue weighted by Gasteiger charge is -2.35. The molecule has 1 unspecified atom stereocenters. The first-order valence-electron chi connectivity index (χ1n) is 35.2. The Morgan fingerprint density at radius 1 is 0.529 bits per heavy atom. The average Bonchev–Trinajstić information content (AvgIpc) is 1.56. The highest BCUT2D eigenvalue weighted by atomic mass is 35.5. The third-order valence-corrected chi connectivity index (χ3v) is 19.3. The maximum atomic E-state index is 13.6. The van der Waals surface area contributed by atoms with E-state index in [1.54, 1.807) is 36.9 Å². The van der Waals surface area contributed by atoms with Gasteiger partial charge in [0, 0.05) is 130 Å². The van der Waals surface area contributed by atoms with Gasteiger partial charge < -0.3 is 41.1 Å². The van der Waals surface area contributed by atoms with Crippen molar-refractivity contribution in [1.82, 2.24) is 102 Å². The lowest BCUT2D eigenvalue weighted by Crippen LogP contribution is -2.51. The number of piperidine rings is 1. The van der Waals surface area contributed by atoms with E-state index in [4.69, 9.17) is 21.6 Å². The predicted octanol–water partition coefficient (Wildman–Crippen LogP) is 13.1. The van der Waals surface area contributed by atoms with E-state index in [1.807, 2.05) is 72.5 Å². The van der Waals surface area contributed by atoms with E-state index in [-0.39, 0.29) is 18.9 Å². The van der Waals surface area contributed by atoms with Crippen LogP contribution in [0.3, 0.4) is 0 Å². The molecule has 0 aromatic carbocycles. The largest absolute Gasteiger partial charge is 0.416 e. The van der Waals surface area contributed by atoms with Gasteiger partial charge >= 0.3 is 6.18 Å². The van der Waals surface area contributed by atoms with Crippen LogP contribution in [-0.4, -0.2) is 176 Å². The first kappa shape index (κ1) is 70.8. The number of halogens is 4. The summed E-state index contributed by atoms with van der Waals surface area (Å²) in [7, 11) is 0. The van der Waals surface area contributed by atoms with Crippen molar-refractivity contribution in [2.75, 3.05) is 86.7 Å². The van der Waals surface area contributed by atoms with Gasteiger partial charge in [-0.25, -0.2) is 39.9 Å². The number of rotatable bonds is 14. The molecule has 542 valence electrons. The van der Waals surface area contributed by atoms with Crippen LogP contribution in [0.15, 0.2) is 128 Å². The summed E-state index contributed by atoms with van der Waals surface area (Å²) in [6.45, 7) is 22.5. The molecule has 12 aromatic heterocycles. The topological polar surface area (TPSA) is 296 Å². The Labute approximate surface area is 601 Å². The summed E-state index contributed by atoms with van der Waals surface area (Å²) in [6.07, 6.45) is 8.20. The molecule has 16 rings (SSSR count). The fourth-order valence-electron chi connectivity index (χ4n) is 13.9. The summed E-state index contributed by atoms with van der Waals surface area (Å²) in [5, 5.41) is 57.8. The minimum Gasteiger partial charge on any atom is -0.383 e. The summed E-state index contributed by atoms with van der Waals surface area (Å²) in [5.74, 6) is 3.50. The zero-order valence-electron chi connectivity index (χ0n) is 58.2. The number of aliphatic hydroxyl groups is 1. The van der Waals surface area contributed by atoms with E-state index in [1.165, 1.54) is 12.8 Å². The number of fused-ring (bicyclic) bond motifs is 4. The summed E-state index contributed by atoms with van der Waals surface area (Å²) in [5.41, 5.74) is 8.35. The van der Waals surface area contributed by atoms with E-state index >= 15 is 0 Å². The van der Waals surface area contributed by atoms with Gasteiger partial charge in [-0.1, -0.05) is 64.8 Å². The first-order chi connectivity index (χ1) is 49.4. The van der Waals surface area contributed by atoms with Crippen LogP contribution in [0.5, 0.6) is 0 Å². The summed E-state index contributed by atoms with van der Waals surface area (Å²) in [4.78, 5) is 42.7. The van der Waals surface area contributed by atoms with Gasteiger partial charge in [0.15, 0.2) is 22.6 Å². The van der Waals surface area contributed by atoms with Gasteiger partial charge in [-0.15, -0.1) is 0 Å². The number of nitrogens with zero attached hydrogens (tertiary/aromatic N) is 15. The van der Waals surface area contributed by atoms with Gasteiger partial charge in [0.1, 0.15) is 28.7 Å². The van der Waals surface area contributed by atoms with Gasteiger partial charge in [-0.2, -0.15) is 33.6 Å². The number of hydrogen-bond donors (Lipinski definition) is 9. The van der Waals surface area contributed by atoms with Gasteiger partial charge in [0.05, 0.1) is 56.1 Å². The van der Waals surface area contributed by atoms with Crippen LogP contribution in [0.2, 0.25) is 5.02 Å². The minimum absolute atomic E-state index is 0. The summed E-state index contributed by atoms with van der Waals surface area (Å²) in [6, 6.07) is 32.7. The Balaban J connectivity index is 0.000000178. The molecule has 0 bridgehead atoms. The Hall–Kier alpha value is -9.64. The van der Waals surface area contributed by atoms with Crippen LogP contribution in [0, 0.1) is 18.8 Å². The predicted molar refractivity (Wildman–Crippen MR) is 406 cm³/mol. The molecule has 16 heterocycles. The number of aromatic nitrogens is 16. The summed E-state index contributed by atoms with van der Waals surface area (Å²) < 4.78 is 40.9. The first-order valence-corrected chi connectivity index (χ1v) is 35.6. The molecule has 4 fully saturated rings. The molecule has 0 radical (unpaired) electrons. The van der Waals surface area contributed by atoms with E-state index in [9.17, 15) is 18.3 Å². The number of nitrogens with one attached hydrogen (secondary N) is 8. The third kappa shape index (κ3) is 16.5. The quantitative estimate of drug-likeness (QED) is 0.0489. The number of pyridine rings is 8. The van der Waals surface area contributed by atoms with Gasteiger partial charge in [-0.3, -0.25) is 20.4 Å².